The highest BCUT2D eigenvalue weighted by Gasteiger charge is 2.06. The molecule has 0 aliphatic heterocycles. The first-order valence-corrected chi connectivity index (χ1v) is 5.78. The Labute approximate surface area is 105 Å². The second kappa shape index (κ2) is 5.60. The lowest BCUT2D eigenvalue weighted by Gasteiger charge is -2.09. The Kier molecular flexibility index (Phi) is 3.89. The van der Waals surface area contributed by atoms with Gasteiger partial charge in [-0.1, -0.05) is 12.1 Å². The zero-order valence-electron chi connectivity index (χ0n) is 10.2. The molecule has 1 heterocycles. The third-order valence-electron chi connectivity index (χ3n) is 2.62. The van der Waals surface area contributed by atoms with Crippen molar-refractivity contribution in [2.24, 2.45) is 5.73 Å². The standard InChI is InChI=1S/C14H15FN2O/c1-10-4-5-12(9-13(10)15)18-14-11(6-7-16)3-2-8-17-14/h2-5,8-9H,6-7,16H2,1H3. The van der Waals surface area contributed by atoms with Crippen molar-refractivity contribution in [1.82, 2.24) is 4.98 Å². The third-order valence-corrected chi connectivity index (χ3v) is 2.62. The Balaban J connectivity index is 2.25. The number of pyridine rings is 1. The average Bonchev–Trinajstić information content (AvgIpc) is 2.37. The summed E-state index contributed by atoms with van der Waals surface area (Å²) in [5.41, 5.74) is 7.03. The molecule has 0 aliphatic carbocycles. The summed E-state index contributed by atoms with van der Waals surface area (Å²) in [5, 5.41) is 0. The smallest absolute Gasteiger partial charge is 0.222 e. The molecular formula is C14H15FN2O. The van der Waals surface area contributed by atoms with Crippen LogP contribution in [0, 0.1) is 12.7 Å². The zero-order chi connectivity index (χ0) is 13.0. The van der Waals surface area contributed by atoms with E-state index in [2.05, 4.69) is 4.98 Å². The summed E-state index contributed by atoms with van der Waals surface area (Å²) >= 11 is 0. The van der Waals surface area contributed by atoms with Gasteiger partial charge in [-0.2, -0.15) is 0 Å². The zero-order valence-corrected chi connectivity index (χ0v) is 10.2. The number of ether oxygens (including phenoxy) is 1. The lowest BCUT2D eigenvalue weighted by Crippen LogP contribution is -2.04. The minimum Gasteiger partial charge on any atom is -0.439 e. The van der Waals surface area contributed by atoms with Crippen molar-refractivity contribution in [3.05, 3.63) is 53.5 Å². The van der Waals surface area contributed by atoms with E-state index in [1.807, 2.05) is 12.1 Å². The number of halogens is 1. The molecule has 2 aromatic rings. The van der Waals surface area contributed by atoms with E-state index >= 15 is 0 Å². The van der Waals surface area contributed by atoms with Crippen LogP contribution in [0.4, 0.5) is 4.39 Å². The number of aromatic nitrogens is 1. The average molecular weight is 246 g/mol. The highest BCUT2D eigenvalue weighted by atomic mass is 19.1. The molecule has 94 valence electrons. The molecule has 0 atom stereocenters. The summed E-state index contributed by atoms with van der Waals surface area (Å²) in [4.78, 5) is 4.14. The summed E-state index contributed by atoms with van der Waals surface area (Å²) in [6.07, 6.45) is 2.32. The van der Waals surface area contributed by atoms with Crippen molar-refractivity contribution in [3.8, 4) is 11.6 Å². The first-order chi connectivity index (χ1) is 8.70. The first-order valence-electron chi connectivity index (χ1n) is 5.78. The molecule has 0 radical (unpaired) electrons. The van der Waals surface area contributed by atoms with E-state index in [1.54, 1.807) is 25.3 Å². The van der Waals surface area contributed by atoms with Gasteiger partial charge in [-0.05, 0) is 37.6 Å². The van der Waals surface area contributed by atoms with E-state index in [1.165, 1.54) is 6.07 Å². The number of aryl methyl sites for hydroxylation is 1. The van der Waals surface area contributed by atoms with Crippen molar-refractivity contribution < 1.29 is 9.13 Å². The number of nitrogens with two attached hydrogens (primary N) is 1. The molecular weight excluding hydrogens is 231 g/mol. The number of hydrogen-bond donors (Lipinski definition) is 1. The predicted octanol–water partition coefficient (Wildman–Crippen LogP) is 2.82. The van der Waals surface area contributed by atoms with Crippen molar-refractivity contribution in [1.29, 1.82) is 0 Å². The summed E-state index contributed by atoms with van der Waals surface area (Å²) in [6.45, 7) is 2.23. The van der Waals surface area contributed by atoms with Crippen LogP contribution < -0.4 is 10.5 Å². The van der Waals surface area contributed by atoms with Gasteiger partial charge in [0, 0.05) is 17.8 Å². The van der Waals surface area contributed by atoms with Gasteiger partial charge in [-0.15, -0.1) is 0 Å². The van der Waals surface area contributed by atoms with Crippen LogP contribution in [0.5, 0.6) is 11.6 Å². The third kappa shape index (κ3) is 2.84. The van der Waals surface area contributed by atoms with Crippen molar-refractivity contribution in [2.45, 2.75) is 13.3 Å². The quantitative estimate of drug-likeness (QED) is 0.902. The lowest BCUT2D eigenvalue weighted by atomic mass is 10.2. The fourth-order valence-corrected chi connectivity index (χ4v) is 1.61. The Morgan fingerprint density at radius 1 is 1.33 bits per heavy atom. The number of rotatable bonds is 4. The van der Waals surface area contributed by atoms with Crippen LogP contribution in [0.25, 0.3) is 0 Å². The predicted molar refractivity (Wildman–Crippen MR) is 68.2 cm³/mol. The molecule has 0 bridgehead atoms. The highest BCUT2D eigenvalue weighted by molar-refractivity contribution is 5.34. The van der Waals surface area contributed by atoms with Gasteiger partial charge in [-0.3, -0.25) is 0 Å². The maximum atomic E-state index is 13.4. The van der Waals surface area contributed by atoms with Gasteiger partial charge < -0.3 is 10.5 Å². The highest BCUT2D eigenvalue weighted by Crippen LogP contribution is 2.24. The van der Waals surface area contributed by atoms with Gasteiger partial charge in [0.1, 0.15) is 11.6 Å². The molecule has 0 amide bonds. The van der Waals surface area contributed by atoms with E-state index in [-0.39, 0.29) is 5.82 Å². The first kappa shape index (κ1) is 12.5. The molecule has 3 nitrogen and oxygen atoms in total. The van der Waals surface area contributed by atoms with Gasteiger partial charge >= 0.3 is 0 Å². The summed E-state index contributed by atoms with van der Waals surface area (Å²) < 4.78 is 19.0. The van der Waals surface area contributed by atoms with Crippen LogP contribution >= 0.6 is 0 Å². The van der Waals surface area contributed by atoms with Crippen LogP contribution in [0.3, 0.4) is 0 Å². The lowest BCUT2D eigenvalue weighted by molar-refractivity contribution is 0.451. The Morgan fingerprint density at radius 3 is 2.89 bits per heavy atom. The van der Waals surface area contributed by atoms with Gasteiger partial charge in [0.2, 0.25) is 5.88 Å². The second-order valence-corrected chi connectivity index (χ2v) is 4.02. The van der Waals surface area contributed by atoms with Crippen molar-refractivity contribution >= 4 is 0 Å². The molecule has 1 aromatic carbocycles. The fraction of sp³-hybridized carbons (Fsp3) is 0.214. The van der Waals surface area contributed by atoms with Gasteiger partial charge in [0.15, 0.2) is 0 Å². The number of benzene rings is 1. The normalized spacial score (nSPS) is 10.4. The minimum atomic E-state index is -0.288. The SMILES string of the molecule is Cc1ccc(Oc2ncccc2CCN)cc1F. The molecule has 1 aromatic heterocycles. The maximum Gasteiger partial charge on any atom is 0.222 e. The van der Waals surface area contributed by atoms with E-state index in [0.29, 0.717) is 30.2 Å². The van der Waals surface area contributed by atoms with Gasteiger partial charge in [-0.25, -0.2) is 9.37 Å². The molecule has 0 saturated heterocycles. The fourth-order valence-electron chi connectivity index (χ4n) is 1.61. The molecule has 0 aliphatic rings. The van der Waals surface area contributed by atoms with Crippen LogP contribution in [-0.4, -0.2) is 11.5 Å². The molecule has 2 N–H and O–H groups in total. The Hall–Kier alpha value is -1.94. The summed E-state index contributed by atoms with van der Waals surface area (Å²) in [6, 6.07) is 8.49. The maximum absolute atomic E-state index is 13.4. The van der Waals surface area contributed by atoms with Crippen LogP contribution in [0.2, 0.25) is 0 Å². The van der Waals surface area contributed by atoms with E-state index in [9.17, 15) is 4.39 Å². The molecule has 2 rings (SSSR count). The molecule has 0 saturated carbocycles. The van der Waals surface area contributed by atoms with E-state index in [0.717, 1.165) is 5.56 Å². The summed E-state index contributed by atoms with van der Waals surface area (Å²) in [7, 11) is 0. The van der Waals surface area contributed by atoms with Gasteiger partial charge in [0.05, 0.1) is 0 Å². The molecule has 4 heteroatoms. The molecule has 0 unspecified atom stereocenters. The Morgan fingerprint density at radius 2 is 2.17 bits per heavy atom. The summed E-state index contributed by atoms with van der Waals surface area (Å²) in [5.74, 6) is 0.630. The topological polar surface area (TPSA) is 48.1 Å². The second-order valence-electron chi connectivity index (χ2n) is 4.02. The van der Waals surface area contributed by atoms with E-state index < -0.39 is 0 Å². The van der Waals surface area contributed by atoms with Crippen molar-refractivity contribution in [2.75, 3.05) is 6.54 Å². The molecule has 0 spiro atoms. The van der Waals surface area contributed by atoms with Crippen LogP contribution in [0.1, 0.15) is 11.1 Å². The largest absolute Gasteiger partial charge is 0.439 e. The number of hydrogen-bond acceptors (Lipinski definition) is 3. The minimum absolute atomic E-state index is 0.288. The van der Waals surface area contributed by atoms with Gasteiger partial charge in [0.25, 0.3) is 0 Å². The van der Waals surface area contributed by atoms with E-state index in [4.69, 9.17) is 10.5 Å². The van der Waals surface area contributed by atoms with Crippen LogP contribution in [0.15, 0.2) is 36.5 Å². The molecule has 18 heavy (non-hydrogen) atoms. The van der Waals surface area contributed by atoms with Crippen molar-refractivity contribution in [3.63, 3.8) is 0 Å². The Bertz CT molecular complexity index is 543. The van der Waals surface area contributed by atoms with Crippen LogP contribution in [-0.2, 0) is 6.42 Å². The number of nitrogens with zero attached hydrogens (tertiary/aromatic N) is 1. The molecule has 0 fully saturated rings. The monoisotopic (exact) mass is 246 g/mol.